The van der Waals surface area contributed by atoms with Crippen LogP contribution in [-0.2, 0) is 26.6 Å². The first kappa shape index (κ1) is 23.8. The van der Waals surface area contributed by atoms with Gasteiger partial charge in [0.25, 0.3) is 15.6 Å². The molecule has 34 heavy (non-hydrogen) atoms. The third kappa shape index (κ3) is 4.37. The van der Waals surface area contributed by atoms with Crippen LogP contribution in [0.2, 0.25) is 0 Å². The third-order valence-corrected chi connectivity index (χ3v) is 7.09. The van der Waals surface area contributed by atoms with Gasteiger partial charge in [-0.3, -0.25) is 14.1 Å². The molecule has 0 bridgehead atoms. The SMILES string of the molecule is Cc1cc2n(CCC(C)C)c(=O)c(C3=NS(=O)(=O)c4cc(NS(C)(=O)=O)ccc4N3)c(O)n2n1. The van der Waals surface area contributed by atoms with Crippen LogP contribution in [-0.4, -0.2) is 48.2 Å². The standard InChI is InChI=1S/C20H24N6O6S2/c1-11(2)7-8-25-16-9-12(3)22-26(16)20(28)17(19(25)27)18-21-14-6-5-13(23-33(4,29)30)10-15(14)34(31,32)24-18/h5-6,9-11,23,28H,7-8H2,1-4H3,(H,21,24). The predicted octanol–water partition coefficient (Wildman–Crippen LogP) is 1.49. The van der Waals surface area contributed by atoms with Crippen molar-refractivity contribution >= 4 is 42.9 Å². The summed E-state index contributed by atoms with van der Waals surface area (Å²) in [5.41, 5.74) is 0.0942. The van der Waals surface area contributed by atoms with Gasteiger partial charge >= 0.3 is 0 Å². The van der Waals surface area contributed by atoms with Crippen LogP contribution in [0.5, 0.6) is 5.88 Å². The van der Waals surface area contributed by atoms with Crippen LogP contribution in [0.15, 0.2) is 38.4 Å². The van der Waals surface area contributed by atoms with Crippen molar-refractivity contribution in [3.63, 3.8) is 0 Å². The van der Waals surface area contributed by atoms with Gasteiger partial charge in [0, 0.05) is 18.3 Å². The highest BCUT2D eigenvalue weighted by atomic mass is 32.2. The minimum absolute atomic E-state index is 0.0394. The number of nitrogens with zero attached hydrogens (tertiary/aromatic N) is 4. The summed E-state index contributed by atoms with van der Waals surface area (Å²) in [6, 6.07) is 5.50. The molecule has 2 aromatic heterocycles. The van der Waals surface area contributed by atoms with Crippen molar-refractivity contribution in [2.24, 2.45) is 10.3 Å². The van der Waals surface area contributed by atoms with E-state index in [1.54, 1.807) is 13.0 Å². The van der Waals surface area contributed by atoms with E-state index < -0.39 is 31.5 Å². The van der Waals surface area contributed by atoms with Crippen LogP contribution in [0.4, 0.5) is 11.4 Å². The summed E-state index contributed by atoms with van der Waals surface area (Å²) in [6.07, 6.45) is 1.61. The third-order valence-electron chi connectivity index (χ3n) is 5.17. The lowest BCUT2D eigenvalue weighted by atomic mass is 10.1. The number of aromatic nitrogens is 3. The van der Waals surface area contributed by atoms with Gasteiger partial charge in [-0.05, 0) is 37.5 Å². The van der Waals surface area contributed by atoms with Crippen molar-refractivity contribution in [2.45, 2.75) is 38.6 Å². The van der Waals surface area contributed by atoms with Crippen molar-refractivity contribution in [1.29, 1.82) is 0 Å². The Hall–Kier alpha value is -3.39. The number of rotatable bonds is 6. The maximum atomic E-state index is 13.4. The first-order chi connectivity index (χ1) is 15.8. The highest BCUT2D eigenvalue weighted by molar-refractivity contribution is 7.92. The molecule has 0 aliphatic carbocycles. The number of sulfonamides is 2. The molecule has 1 aromatic carbocycles. The van der Waals surface area contributed by atoms with Gasteiger partial charge in [0.2, 0.25) is 15.9 Å². The molecular weight excluding hydrogens is 484 g/mol. The minimum atomic E-state index is -4.34. The number of fused-ring (bicyclic) bond motifs is 2. The molecule has 3 aromatic rings. The summed E-state index contributed by atoms with van der Waals surface area (Å²) >= 11 is 0. The number of hydrogen-bond acceptors (Lipinski definition) is 8. The Kier molecular flexibility index (Phi) is 5.68. The number of nitrogens with one attached hydrogen (secondary N) is 2. The van der Waals surface area contributed by atoms with Crippen LogP contribution in [0.3, 0.4) is 0 Å². The van der Waals surface area contributed by atoms with Crippen molar-refractivity contribution in [2.75, 3.05) is 16.3 Å². The van der Waals surface area contributed by atoms with E-state index in [4.69, 9.17) is 0 Å². The average molecular weight is 509 g/mol. The first-order valence-corrected chi connectivity index (χ1v) is 13.7. The molecule has 4 rings (SSSR count). The second-order valence-corrected chi connectivity index (χ2v) is 11.8. The van der Waals surface area contributed by atoms with E-state index in [0.717, 1.165) is 12.3 Å². The fourth-order valence-electron chi connectivity index (χ4n) is 3.63. The van der Waals surface area contributed by atoms with E-state index >= 15 is 0 Å². The lowest BCUT2D eigenvalue weighted by Gasteiger charge is -2.20. The van der Waals surface area contributed by atoms with Gasteiger partial charge in [0.1, 0.15) is 16.1 Å². The average Bonchev–Trinajstić information content (AvgIpc) is 3.08. The predicted molar refractivity (Wildman–Crippen MR) is 128 cm³/mol. The van der Waals surface area contributed by atoms with Crippen molar-refractivity contribution in [1.82, 2.24) is 14.2 Å². The zero-order valence-electron chi connectivity index (χ0n) is 18.9. The molecular formula is C20H24N6O6S2. The molecule has 3 N–H and O–H groups in total. The summed E-state index contributed by atoms with van der Waals surface area (Å²) in [5.74, 6) is -0.610. The molecule has 3 heterocycles. The lowest BCUT2D eigenvalue weighted by molar-refractivity contribution is 0.425. The smallest absolute Gasteiger partial charge is 0.286 e. The Balaban J connectivity index is 1.89. The lowest BCUT2D eigenvalue weighted by Crippen LogP contribution is -2.34. The van der Waals surface area contributed by atoms with Crippen molar-refractivity contribution < 1.29 is 21.9 Å². The normalized spacial score (nSPS) is 15.1. The molecule has 14 heteroatoms. The summed E-state index contributed by atoms with van der Waals surface area (Å²) in [5, 5.41) is 17.9. The van der Waals surface area contributed by atoms with Crippen LogP contribution >= 0.6 is 0 Å². The number of aryl methyl sites for hydroxylation is 2. The van der Waals surface area contributed by atoms with Gasteiger partial charge < -0.3 is 10.4 Å². The van der Waals surface area contributed by atoms with E-state index in [1.165, 1.54) is 21.2 Å². The highest BCUT2D eigenvalue weighted by Gasteiger charge is 2.31. The topological polar surface area (TPSA) is 164 Å². The van der Waals surface area contributed by atoms with Crippen LogP contribution < -0.4 is 15.6 Å². The number of aromatic hydroxyl groups is 1. The van der Waals surface area contributed by atoms with E-state index in [1.807, 2.05) is 13.8 Å². The van der Waals surface area contributed by atoms with Gasteiger partial charge in [0.05, 0.1) is 17.6 Å². The zero-order valence-corrected chi connectivity index (χ0v) is 20.5. The monoisotopic (exact) mass is 508 g/mol. The van der Waals surface area contributed by atoms with Crippen LogP contribution in [0.25, 0.3) is 5.65 Å². The summed E-state index contributed by atoms with van der Waals surface area (Å²) < 4.78 is 57.4. The summed E-state index contributed by atoms with van der Waals surface area (Å²) in [4.78, 5) is 13.2. The Labute approximate surface area is 196 Å². The largest absolute Gasteiger partial charge is 0.493 e. The number of amidine groups is 1. The molecule has 1 aliphatic rings. The van der Waals surface area contributed by atoms with Crippen molar-refractivity contribution in [3.05, 3.63) is 45.9 Å². The van der Waals surface area contributed by atoms with Gasteiger partial charge in [-0.1, -0.05) is 13.8 Å². The van der Waals surface area contributed by atoms with E-state index in [0.29, 0.717) is 30.2 Å². The molecule has 0 spiro atoms. The van der Waals surface area contributed by atoms with Crippen molar-refractivity contribution in [3.8, 4) is 5.88 Å². The highest BCUT2D eigenvalue weighted by Crippen LogP contribution is 2.32. The minimum Gasteiger partial charge on any atom is -0.493 e. The van der Waals surface area contributed by atoms with E-state index in [-0.39, 0.29) is 27.7 Å². The van der Waals surface area contributed by atoms with E-state index in [2.05, 4.69) is 19.5 Å². The zero-order chi connectivity index (χ0) is 25.0. The van der Waals surface area contributed by atoms with E-state index in [9.17, 15) is 26.7 Å². The maximum absolute atomic E-state index is 13.4. The summed E-state index contributed by atoms with van der Waals surface area (Å²) in [6.45, 7) is 6.06. The molecule has 0 saturated carbocycles. The molecule has 1 aliphatic heterocycles. The van der Waals surface area contributed by atoms with Gasteiger partial charge in [-0.2, -0.15) is 18.0 Å². The maximum Gasteiger partial charge on any atom is 0.286 e. The summed E-state index contributed by atoms with van der Waals surface area (Å²) in [7, 11) is -7.97. The fraction of sp³-hybridized carbons (Fsp3) is 0.350. The molecule has 0 radical (unpaired) electrons. The van der Waals surface area contributed by atoms with Crippen LogP contribution in [0, 0.1) is 12.8 Å². The molecule has 0 amide bonds. The molecule has 0 fully saturated rings. The number of anilines is 2. The Morgan fingerprint density at radius 1 is 1.24 bits per heavy atom. The van der Waals surface area contributed by atoms with Gasteiger partial charge in [-0.25, -0.2) is 8.42 Å². The first-order valence-electron chi connectivity index (χ1n) is 10.3. The molecule has 0 unspecified atom stereocenters. The number of hydrogen-bond donors (Lipinski definition) is 3. The van der Waals surface area contributed by atoms with Gasteiger partial charge in [-0.15, -0.1) is 4.40 Å². The number of benzene rings is 1. The fourth-order valence-corrected chi connectivity index (χ4v) is 5.33. The molecule has 12 nitrogen and oxygen atoms in total. The Morgan fingerprint density at radius 3 is 2.59 bits per heavy atom. The Morgan fingerprint density at radius 2 is 1.94 bits per heavy atom. The molecule has 0 saturated heterocycles. The molecule has 182 valence electrons. The van der Waals surface area contributed by atoms with Crippen LogP contribution in [0.1, 0.15) is 31.5 Å². The quantitative estimate of drug-likeness (QED) is 0.451. The van der Waals surface area contributed by atoms with Gasteiger partial charge in [0.15, 0.2) is 5.84 Å². The Bertz CT molecular complexity index is 1620. The second-order valence-electron chi connectivity index (χ2n) is 8.52. The molecule has 0 atom stereocenters. The second kappa shape index (κ2) is 8.13.